The monoisotopic (exact) mass is 436 g/mol. The number of carbonyl (C=O) groups excluding carboxylic acids is 2. The van der Waals surface area contributed by atoms with E-state index in [4.69, 9.17) is 4.74 Å². The number of nitrogens with zero attached hydrogens (tertiary/aromatic N) is 2. The molecule has 32 heavy (non-hydrogen) atoms. The van der Waals surface area contributed by atoms with Crippen molar-refractivity contribution in [3.05, 3.63) is 58.9 Å². The zero-order chi connectivity index (χ0) is 22.5. The summed E-state index contributed by atoms with van der Waals surface area (Å²) in [6, 6.07) is 12.3. The number of ketones is 1. The second-order valence-corrected chi connectivity index (χ2v) is 9.51. The standard InChI is InChI=1S/C27H36N2O3/c1-20-17-25(26(30)18-28-15-7-4-8-16-28)21(2)29(20)24-13-11-23(12-14-24)27(31)32-19-22-9-5-3-6-10-22/h3,5-6,9-10,17,23-24H,4,7-8,11-16,18-19H2,1-2H3/t23-,24+. The molecule has 2 aromatic rings. The number of rotatable bonds is 7. The Morgan fingerprint density at radius 1 is 0.969 bits per heavy atom. The van der Waals surface area contributed by atoms with Gasteiger partial charge in [-0.1, -0.05) is 36.8 Å². The molecule has 1 saturated carbocycles. The maximum absolute atomic E-state index is 13.0. The van der Waals surface area contributed by atoms with Crippen LogP contribution >= 0.6 is 0 Å². The molecule has 5 nitrogen and oxygen atoms in total. The zero-order valence-electron chi connectivity index (χ0n) is 19.5. The molecule has 0 unspecified atom stereocenters. The predicted molar refractivity (Wildman–Crippen MR) is 126 cm³/mol. The molecule has 172 valence electrons. The van der Waals surface area contributed by atoms with E-state index in [1.165, 1.54) is 19.3 Å². The summed E-state index contributed by atoms with van der Waals surface area (Å²) in [6.45, 7) is 7.13. The summed E-state index contributed by atoms with van der Waals surface area (Å²) >= 11 is 0. The van der Waals surface area contributed by atoms with Crippen molar-refractivity contribution in [1.29, 1.82) is 0 Å². The van der Waals surface area contributed by atoms with Gasteiger partial charge >= 0.3 is 5.97 Å². The van der Waals surface area contributed by atoms with Crippen LogP contribution in [0.5, 0.6) is 0 Å². The first-order chi connectivity index (χ1) is 15.5. The second kappa shape index (κ2) is 10.5. The Kier molecular flexibility index (Phi) is 7.46. The Balaban J connectivity index is 1.33. The summed E-state index contributed by atoms with van der Waals surface area (Å²) in [4.78, 5) is 27.8. The number of Topliss-reactive ketones (excluding diaryl/α,β-unsaturated/α-hetero) is 1. The molecule has 1 saturated heterocycles. The molecule has 1 aromatic heterocycles. The number of hydrogen-bond donors (Lipinski definition) is 0. The molecule has 5 heteroatoms. The molecule has 2 fully saturated rings. The lowest BCUT2D eigenvalue weighted by atomic mass is 9.85. The number of ether oxygens (including phenoxy) is 1. The number of esters is 1. The van der Waals surface area contributed by atoms with Crippen LogP contribution in [0.4, 0.5) is 0 Å². The SMILES string of the molecule is Cc1cc(C(=O)CN2CCCCC2)c(C)n1[C@H]1CC[C@@H](C(=O)OCc2ccccc2)CC1. The number of likely N-dealkylation sites (tertiary alicyclic amines) is 1. The number of carbonyl (C=O) groups is 2. The minimum atomic E-state index is -0.0781. The van der Waals surface area contributed by atoms with Crippen molar-refractivity contribution < 1.29 is 14.3 Å². The van der Waals surface area contributed by atoms with Crippen molar-refractivity contribution in [3.63, 3.8) is 0 Å². The Morgan fingerprint density at radius 2 is 1.66 bits per heavy atom. The van der Waals surface area contributed by atoms with Crippen LogP contribution in [0, 0.1) is 19.8 Å². The second-order valence-electron chi connectivity index (χ2n) is 9.51. The Labute approximate surface area is 191 Å². The van der Waals surface area contributed by atoms with Gasteiger partial charge in [-0.2, -0.15) is 0 Å². The summed E-state index contributed by atoms with van der Waals surface area (Å²) in [7, 11) is 0. The van der Waals surface area contributed by atoms with Crippen LogP contribution in [-0.4, -0.2) is 40.9 Å². The van der Waals surface area contributed by atoms with Gasteiger partial charge in [-0.3, -0.25) is 14.5 Å². The Hall–Kier alpha value is -2.40. The number of aryl methyl sites for hydroxylation is 1. The lowest BCUT2D eigenvalue weighted by molar-refractivity contribution is -0.151. The molecule has 1 aromatic carbocycles. The van der Waals surface area contributed by atoms with Crippen molar-refractivity contribution >= 4 is 11.8 Å². The number of benzene rings is 1. The molecule has 4 rings (SSSR count). The summed E-state index contributed by atoms with van der Waals surface area (Å²) in [5.41, 5.74) is 4.13. The van der Waals surface area contributed by atoms with Gasteiger partial charge in [0.1, 0.15) is 6.61 Å². The highest BCUT2D eigenvalue weighted by molar-refractivity contribution is 5.99. The van der Waals surface area contributed by atoms with Gasteiger partial charge in [0.15, 0.2) is 5.78 Å². The number of aromatic nitrogens is 1. The van der Waals surface area contributed by atoms with Crippen LogP contribution in [0.2, 0.25) is 0 Å². The number of hydrogen-bond acceptors (Lipinski definition) is 4. The van der Waals surface area contributed by atoms with Crippen LogP contribution < -0.4 is 0 Å². The first kappa shape index (κ1) is 22.8. The van der Waals surface area contributed by atoms with Crippen molar-refractivity contribution in [2.24, 2.45) is 5.92 Å². The molecular formula is C27H36N2O3. The van der Waals surface area contributed by atoms with Crippen molar-refractivity contribution in [3.8, 4) is 0 Å². The summed E-state index contributed by atoms with van der Waals surface area (Å²) < 4.78 is 7.91. The van der Waals surface area contributed by atoms with Crippen molar-refractivity contribution in [1.82, 2.24) is 9.47 Å². The highest BCUT2D eigenvalue weighted by Gasteiger charge is 2.30. The minimum Gasteiger partial charge on any atom is -0.461 e. The lowest BCUT2D eigenvalue weighted by Gasteiger charge is -2.30. The normalized spacial score (nSPS) is 21.9. The van der Waals surface area contributed by atoms with Crippen LogP contribution in [0.25, 0.3) is 0 Å². The smallest absolute Gasteiger partial charge is 0.309 e. The van der Waals surface area contributed by atoms with E-state index in [9.17, 15) is 9.59 Å². The third kappa shape index (κ3) is 5.32. The largest absolute Gasteiger partial charge is 0.461 e. The van der Waals surface area contributed by atoms with Gasteiger partial charge in [-0.05, 0) is 77.1 Å². The Bertz CT molecular complexity index is 920. The predicted octanol–water partition coefficient (Wildman–Crippen LogP) is 5.25. The van der Waals surface area contributed by atoms with E-state index in [1.54, 1.807) is 0 Å². The molecule has 0 atom stereocenters. The van der Waals surface area contributed by atoms with Crippen LogP contribution in [0.1, 0.15) is 78.3 Å². The van der Waals surface area contributed by atoms with E-state index in [1.807, 2.05) is 30.3 Å². The van der Waals surface area contributed by atoms with Gasteiger partial charge in [-0.25, -0.2) is 0 Å². The average Bonchev–Trinajstić information content (AvgIpc) is 3.13. The lowest BCUT2D eigenvalue weighted by Crippen LogP contribution is -2.34. The maximum Gasteiger partial charge on any atom is 0.309 e. The average molecular weight is 437 g/mol. The van der Waals surface area contributed by atoms with Gasteiger partial charge in [0.2, 0.25) is 0 Å². The topological polar surface area (TPSA) is 51.5 Å². The molecule has 0 radical (unpaired) electrons. The van der Waals surface area contributed by atoms with Crippen LogP contribution in [-0.2, 0) is 16.1 Å². The van der Waals surface area contributed by atoms with Gasteiger partial charge in [0, 0.05) is 23.0 Å². The molecule has 0 bridgehead atoms. The molecular weight excluding hydrogens is 400 g/mol. The number of piperidine rings is 1. The van der Waals surface area contributed by atoms with Gasteiger partial charge in [0.05, 0.1) is 12.5 Å². The van der Waals surface area contributed by atoms with E-state index in [-0.39, 0.29) is 17.7 Å². The maximum atomic E-state index is 13.0. The van der Waals surface area contributed by atoms with Crippen molar-refractivity contribution in [2.45, 2.75) is 71.4 Å². The molecule has 2 heterocycles. The first-order valence-electron chi connectivity index (χ1n) is 12.2. The highest BCUT2D eigenvalue weighted by Crippen LogP contribution is 2.36. The van der Waals surface area contributed by atoms with E-state index >= 15 is 0 Å². The quantitative estimate of drug-likeness (QED) is 0.439. The zero-order valence-corrected chi connectivity index (χ0v) is 19.5. The van der Waals surface area contributed by atoms with Crippen molar-refractivity contribution in [2.75, 3.05) is 19.6 Å². The minimum absolute atomic E-state index is 0.0219. The van der Waals surface area contributed by atoms with Gasteiger partial charge < -0.3 is 9.30 Å². The molecule has 0 N–H and O–H groups in total. The summed E-state index contributed by atoms with van der Waals surface area (Å²) in [6.07, 6.45) is 7.25. The van der Waals surface area contributed by atoms with Crippen LogP contribution in [0.15, 0.2) is 36.4 Å². The van der Waals surface area contributed by atoms with E-state index in [0.29, 0.717) is 19.2 Å². The molecule has 1 aliphatic carbocycles. The molecule has 0 spiro atoms. The molecule has 1 aliphatic heterocycles. The summed E-state index contributed by atoms with van der Waals surface area (Å²) in [5, 5.41) is 0. The third-order valence-corrected chi connectivity index (χ3v) is 7.22. The van der Waals surface area contributed by atoms with Crippen LogP contribution in [0.3, 0.4) is 0 Å². The van der Waals surface area contributed by atoms with E-state index < -0.39 is 0 Å². The fourth-order valence-electron chi connectivity index (χ4n) is 5.44. The Morgan fingerprint density at radius 3 is 2.34 bits per heavy atom. The van der Waals surface area contributed by atoms with E-state index in [0.717, 1.165) is 61.3 Å². The highest BCUT2D eigenvalue weighted by atomic mass is 16.5. The fraction of sp³-hybridized carbons (Fsp3) is 0.556. The molecule has 0 amide bonds. The fourth-order valence-corrected chi connectivity index (χ4v) is 5.44. The first-order valence-corrected chi connectivity index (χ1v) is 12.2. The summed E-state index contributed by atoms with van der Waals surface area (Å²) in [5.74, 6) is 0.140. The van der Waals surface area contributed by atoms with E-state index in [2.05, 4.69) is 29.4 Å². The molecule has 2 aliphatic rings. The third-order valence-electron chi connectivity index (χ3n) is 7.22. The van der Waals surface area contributed by atoms with Gasteiger partial charge in [-0.15, -0.1) is 0 Å². The van der Waals surface area contributed by atoms with Gasteiger partial charge in [0.25, 0.3) is 0 Å².